The topological polar surface area (TPSA) is 87.9 Å². The molecule has 1 saturated carbocycles. The van der Waals surface area contributed by atoms with Crippen LogP contribution in [0.15, 0.2) is 66.2 Å². The van der Waals surface area contributed by atoms with Crippen molar-refractivity contribution in [2.24, 2.45) is 5.73 Å². The van der Waals surface area contributed by atoms with E-state index in [0.29, 0.717) is 49.5 Å². The summed E-state index contributed by atoms with van der Waals surface area (Å²) in [5, 5.41) is 4.22. The van der Waals surface area contributed by atoms with Crippen LogP contribution in [0.25, 0.3) is 5.57 Å². The Kier molecular flexibility index (Phi) is 9.91. The molecule has 1 aliphatic carbocycles. The van der Waals surface area contributed by atoms with E-state index in [1.165, 1.54) is 0 Å². The molecule has 11 heteroatoms. The van der Waals surface area contributed by atoms with Gasteiger partial charge in [-0.05, 0) is 79.5 Å². The highest BCUT2D eigenvalue weighted by Crippen LogP contribution is 2.38. The van der Waals surface area contributed by atoms with Crippen LogP contribution in [-0.2, 0) is 22.6 Å². The van der Waals surface area contributed by atoms with Crippen LogP contribution in [0, 0.1) is 17.5 Å². The number of hydrogen-bond donors (Lipinski definition) is 2. The maximum Gasteiger partial charge on any atom is 0.252 e. The maximum absolute atomic E-state index is 14.6. The van der Waals surface area contributed by atoms with Gasteiger partial charge < -0.3 is 25.6 Å². The minimum atomic E-state index is -1.34. The number of benzene rings is 3. The number of rotatable bonds is 11. The molecule has 3 atom stereocenters. The zero-order valence-electron chi connectivity index (χ0n) is 26.2. The highest BCUT2D eigenvalue weighted by Gasteiger charge is 2.43. The van der Waals surface area contributed by atoms with Gasteiger partial charge in [-0.1, -0.05) is 54.1 Å². The van der Waals surface area contributed by atoms with E-state index in [1.54, 1.807) is 11.8 Å². The first-order chi connectivity index (χ1) is 22.6. The first kappa shape index (κ1) is 33.1. The van der Waals surface area contributed by atoms with E-state index in [-0.39, 0.29) is 36.5 Å². The van der Waals surface area contributed by atoms with Gasteiger partial charge in [-0.2, -0.15) is 4.39 Å². The Morgan fingerprint density at radius 2 is 1.77 bits per heavy atom. The molecule has 2 heterocycles. The van der Waals surface area contributed by atoms with Crippen molar-refractivity contribution in [1.29, 1.82) is 0 Å². The number of ether oxygens (including phenoxy) is 1. The van der Waals surface area contributed by atoms with Gasteiger partial charge in [-0.3, -0.25) is 9.59 Å². The molecule has 0 unspecified atom stereocenters. The molecule has 3 N–H and O–H groups in total. The average Bonchev–Trinajstić information content (AvgIpc) is 3.90. The number of piperazine rings is 1. The van der Waals surface area contributed by atoms with E-state index in [0.717, 1.165) is 47.2 Å². The van der Waals surface area contributed by atoms with Crippen LogP contribution < -0.4 is 15.8 Å². The Morgan fingerprint density at radius 1 is 1.04 bits per heavy atom. The Morgan fingerprint density at radius 3 is 2.47 bits per heavy atom. The van der Waals surface area contributed by atoms with E-state index in [4.69, 9.17) is 22.1 Å². The Balaban J connectivity index is 1.24. The maximum atomic E-state index is 14.6. The number of nitrogens with two attached hydrogens (primary N) is 1. The first-order valence-corrected chi connectivity index (χ1v) is 16.4. The third-order valence-corrected chi connectivity index (χ3v) is 9.41. The molecule has 0 radical (unpaired) electrons. The SMILES string of the molecule is C[C@H](N)C(=O)N1C[C@@H]2CC(c3ccc(CCCOc4c(F)ccc(F)c4F)cc3)=C(C(=O)N(Cc3ccccc3Cl)C3CC3)[C@H](C1)N2. The number of nitrogens with one attached hydrogen (secondary N) is 1. The lowest BCUT2D eigenvalue weighted by Crippen LogP contribution is -2.63. The molecule has 7 nitrogen and oxygen atoms in total. The van der Waals surface area contributed by atoms with E-state index >= 15 is 0 Å². The number of amides is 2. The molecule has 47 heavy (non-hydrogen) atoms. The molecule has 3 aliphatic rings. The molecule has 1 saturated heterocycles. The van der Waals surface area contributed by atoms with Gasteiger partial charge in [0.1, 0.15) is 0 Å². The van der Waals surface area contributed by atoms with Crippen LogP contribution >= 0.6 is 11.6 Å². The Hall–Kier alpha value is -3.86. The summed E-state index contributed by atoms with van der Waals surface area (Å²) in [5.41, 5.74) is 10.4. The summed E-state index contributed by atoms with van der Waals surface area (Å²) >= 11 is 6.51. The molecule has 2 amide bonds. The molecule has 0 aromatic heterocycles. The van der Waals surface area contributed by atoms with Gasteiger partial charge >= 0.3 is 0 Å². The quantitative estimate of drug-likeness (QED) is 0.205. The number of carbonyl (C=O) groups excluding carboxylic acids is 2. The summed E-state index contributed by atoms with van der Waals surface area (Å²) < 4.78 is 46.5. The van der Waals surface area contributed by atoms with Crippen molar-refractivity contribution in [3.63, 3.8) is 0 Å². The molecule has 2 aliphatic heterocycles. The van der Waals surface area contributed by atoms with Gasteiger partial charge in [0, 0.05) is 42.3 Å². The highest BCUT2D eigenvalue weighted by molar-refractivity contribution is 6.31. The summed E-state index contributed by atoms with van der Waals surface area (Å²) in [6.45, 7) is 2.92. The zero-order valence-corrected chi connectivity index (χ0v) is 26.9. The van der Waals surface area contributed by atoms with Crippen LogP contribution in [0.2, 0.25) is 5.02 Å². The van der Waals surface area contributed by atoms with Crippen molar-refractivity contribution >= 4 is 29.0 Å². The normalized spacial score (nSPS) is 19.8. The standard InChI is InChI=1S/C36H38ClF3N4O3/c1-21(41)35(45)43-19-25-17-27(23-10-8-22(9-11-23)5-4-16-47-34-30(39)15-14-29(38)33(34)40)32(31(20-43)42-25)36(46)44(26-12-13-26)18-24-6-2-3-7-28(24)37/h2-3,6-11,14-15,21,25-26,31,42H,4-5,12-13,16-20,41H2,1H3/t21-,25-,31-/m0/s1. The van der Waals surface area contributed by atoms with Crippen LogP contribution in [-0.4, -0.2) is 65.5 Å². The molecular weight excluding hydrogens is 629 g/mol. The van der Waals surface area contributed by atoms with Gasteiger partial charge in [0.15, 0.2) is 17.4 Å². The van der Waals surface area contributed by atoms with Gasteiger partial charge in [0.2, 0.25) is 11.7 Å². The Labute approximate surface area is 277 Å². The smallest absolute Gasteiger partial charge is 0.252 e. The number of aryl methyl sites for hydroxylation is 1. The molecule has 3 aromatic carbocycles. The van der Waals surface area contributed by atoms with E-state index in [1.807, 2.05) is 53.4 Å². The molecule has 0 spiro atoms. The van der Waals surface area contributed by atoms with Gasteiger partial charge in [0.05, 0.1) is 18.7 Å². The van der Waals surface area contributed by atoms with Crippen LogP contribution in [0.1, 0.15) is 49.3 Å². The minimum Gasteiger partial charge on any atom is -0.488 e. The van der Waals surface area contributed by atoms with Crippen molar-refractivity contribution in [3.8, 4) is 5.75 Å². The van der Waals surface area contributed by atoms with E-state index in [9.17, 15) is 22.8 Å². The molecule has 3 aromatic rings. The minimum absolute atomic E-state index is 0.0109. The second-order valence-electron chi connectivity index (χ2n) is 12.6. The van der Waals surface area contributed by atoms with Crippen molar-refractivity contribution in [1.82, 2.24) is 15.1 Å². The van der Waals surface area contributed by atoms with E-state index < -0.39 is 29.2 Å². The van der Waals surface area contributed by atoms with Crippen molar-refractivity contribution in [2.75, 3.05) is 19.7 Å². The van der Waals surface area contributed by atoms with E-state index in [2.05, 4.69) is 5.32 Å². The molecular formula is C36H38ClF3N4O3. The van der Waals surface area contributed by atoms with Crippen LogP contribution in [0.3, 0.4) is 0 Å². The van der Waals surface area contributed by atoms with Gasteiger partial charge in [-0.15, -0.1) is 0 Å². The molecule has 2 bridgehead atoms. The lowest BCUT2D eigenvalue weighted by Gasteiger charge is -2.45. The lowest BCUT2D eigenvalue weighted by molar-refractivity contribution is -0.135. The monoisotopic (exact) mass is 666 g/mol. The second-order valence-corrected chi connectivity index (χ2v) is 13.0. The van der Waals surface area contributed by atoms with Gasteiger partial charge in [0.25, 0.3) is 5.91 Å². The molecule has 2 fully saturated rings. The largest absolute Gasteiger partial charge is 0.488 e. The second kappa shape index (κ2) is 14.1. The first-order valence-electron chi connectivity index (χ1n) is 16.0. The van der Waals surface area contributed by atoms with Crippen molar-refractivity contribution in [2.45, 2.75) is 69.7 Å². The van der Waals surface area contributed by atoms with Crippen LogP contribution in [0.4, 0.5) is 13.2 Å². The van der Waals surface area contributed by atoms with Crippen LogP contribution in [0.5, 0.6) is 5.75 Å². The third-order valence-electron chi connectivity index (χ3n) is 9.04. The number of carbonyl (C=O) groups is 2. The number of halogens is 4. The highest BCUT2D eigenvalue weighted by atomic mass is 35.5. The predicted octanol–water partition coefficient (Wildman–Crippen LogP) is 5.63. The number of nitrogens with zero attached hydrogens (tertiary/aromatic N) is 2. The fourth-order valence-electron chi connectivity index (χ4n) is 6.52. The number of fused-ring (bicyclic) bond motifs is 2. The summed E-state index contributed by atoms with van der Waals surface area (Å²) in [6.07, 6.45) is 3.43. The number of hydrogen-bond acceptors (Lipinski definition) is 5. The molecule has 6 rings (SSSR count). The fourth-order valence-corrected chi connectivity index (χ4v) is 6.71. The molecule has 248 valence electrons. The summed E-state index contributed by atoms with van der Waals surface area (Å²) in [4.78, 5) is 31.2. The summed E-state index contributed by atoms with van der Waals surface area (Å²) in [7, 11) is 0. The average molecular weight is 667 g/mol. The Bertz CT molecular complexity index is 1680. The summed E-state index contributed by atoms with van der Waals surface area (Å²) in [6, 6.07) is 16.1. The van der Waals surface area contributed by atoms with Crippen molar-refractivity contribution < 1.29 is 27.5 Å². The van der Waals surface area contributed by atoms with Gasteiger partial charge in [-0.25, -0.2) is 8.78 Å². The van der Waals surface area contributed by atoms with Crippen molar-refractivity contribution in [3.05, 3.63) is 105 Å². The third kappa shape index (κ3) is 7.35. The predicted molar refractivity (Wildman–Crippen MR) is 174 cm³/mol. The lowest BCUT2D eigenvalue weighted by atomic mass is 9.82. The summed E-state index contributed by atoms with van der Waals surface area (Å²) in [5.74, 6) is -4.36. The zero-order chi connectivity index (χ0) is 33.2. The fraction of sp³-hybridized carbons (Fsp3) is 0.389.